The largest absolute Gasteiger partial charge is 0.392 e. The number of fused-ring (bicyclic) bond motifs is 6. The average molecular weight is 1570 g/mol. The van der Waals surface area contributed by atoms with Crippen LogP contribution < -0.4 is 26.6 Å². The number of nitrogens with zero attached hydrogens (tertiary/aromatic N) is 13. The number of piperazine rings is 4. The molecular formula is C89H167N19O2S. The summed E-state index contributed by atoms with van der Waals surface area (Å²) in [5, 5.41) is 25.1. The third kappa shape index (κ3) is 51.4. The summed E-state index contributed by atoms with van der Waals surface area (Å²) in [7, 11) is 10.7. The van der Waals surface area contributed by atoms with Gasteiger partial charge in [-0.1, -0.05) is 32.9 Å². The van der Waals surface area contributed by atoms with Crippen molar-refractivity contribution >= 4 is 11.8 Å². The molecule has 111 heavy (non-hydrogen) atoms. The number of ether oxygens (including phenoxy) is 1. The number of thioether (sulfide) groups is 1. The number of piperidine rings is 5. The number of hydrogen-bond acceptors (Lipinski definition) is 20. The van der Waals surface area contributed by atoms with Crippen molar-refractivity contribution < 1.29 is 9.84 Å². The Morgan fingerprint density at radius 3 is 1.44 bits per heavy atom. The van der Waals surface area contributed by atoms with Crippen molar-refractivity contribution in [1.29, 1.82) is 0 Å². The molecule has 8 atom stereocenters. The zero-order chi connectivity index (χ0) is 81.6. The molecule has 14 aliphatic rings. The van der Waals surface area contributed by atoms with E-state index in [4.69, 9.17) is 9.84 Å². The molecule has 19 heterocycles. The molecular weight excluding hydrogens is 1400 g/mol. The normalized spacial score (nSPS) is 27.9. The van der Waals surface area contributed by atoms with Gasteiger partial charge in [0.05, 0.1) is 18.8 Å². The Morgan fingerprint density at radius 1 is 0.514 bits per heavy atom. The molecule has 19 rings (SSSR count). The van der Waals surface area contributed by atoms with Gasteiger partial charge in [0.2, 0.25) is 0 Å². The summed E-state index contributed by atoms with van der Waals surface area (Å²) >= 11 is 2.07. The minimum atomic E-state index is -0.0880. The van der Waals surface area contributed by atoms with E-state index < -0.39 is 0 Å². The Labute approximate surface area is 683 Å². The van der Waals surface area contributed by atoms with Crippen LogP contribution in [0.15, 0.2) is 92.0 Å². The number of H-pyrrole nitrogens is 1. The summed E-state index contributed by atoms with van der Waals surface area (Å²) < 4.78 is 7.19. The SMILES string of the molecule is CC12CCN(CC1)CC2.CC1CC(O)CN1.CC1CCCN1.CC1CCCN1C.CC1CCN(C)CC1.CC1CCNCC1.CC1CN2CCN1CC2.CC1CNCCN1C.CC1CNCCO1.CC1CSCCN1C.Cc1ccccn1.Cc1cccnc1.Cc1ccnc(C)c1.Cc1ncc[nH]1.Cc1nccn1C. The van der Waals surface area contributed by atoms with Crippen LogP contribution in [0.2, 0.25) is 0 Å². The summed E-state index contributed by atoms with van der Waals surface area (Å²) in [6, 6.07) is 18.4. The lowest BCUT2D eigenvalue weighted by atomic mass is 9.74. The van der Waals surface area contributed by atoms with Crippen molar-refractivity contribution in [1.82, 2.24) is 95.4 Å². The number of aromatic nitrogens is 7. The number of aliphatic hydroxyl groups is 1. The van der Waals surface area contributed by atoms with Gasteiger partial charge in [0.25, 0.3) is 0 Å². The Morgan fingerprint density at radius 2 is 1.18 bits per heavy atom. The van der Waals surface area contributed by atoms with Gasteiger partial charge in [-0.3, -0.25) is 24.8 Å². The van der Waals surface area contributed by atoms with Crippen molar-refractivity contribution in [3.8, 4) is 0 Å². The Hall–Kier alpha value is -4.34. The van der Waals surface area contributed by atoms with E-state index in [2.05, 4.69) is 213 Å². The van der Waals surface area contributed by atoms with Crippen LogP contribution in [-0.2, 0) is 11.8 Å². The molecule has 0 aromatic carbocycles. The molecule has 0 spiro atoms. The maximum Gasteiger partial charge on any atom is 0.105 e. The maximum atomic E-state index is 8.84. The molecule has 14 saturated heterocycles. The number of likely N-dealkylation sites (tertiary alicyclic amines) is 2. The molecule has 0 saturated carbocycles. The van der Waals surface area contributed by atoms with Gasteiger partial charge in [-0.2, -0.15) is 11.8 Å². The molecule has 0 aliphatic carbocycles. The van der Waals surface area contributed by atoms with Crippen molar-refractivity contribution in [2.45, 2.75) is 236 Å². The first-order chi connectivity index (χ1) is 53.1. The molecule has 0 radical (unpaired) electrons. The fourth-order valence-electron chi connectivity index (χ4n) is 13.6. The van der Waals surface area contributed by atoms with Crippen LogP contribution in [0.3, 0.4) is 0 Å². The van der Waals surface area contributed by atoms with Gasteiger partial charge in [0.1, 0.15) is 11.6 Å². The first-order valence-corrected chi connectivity index (χ1v) is 44.2. The summed E-state index contributed by atoms with van der Waals surface area (Å²) in [6.07, 6.45) is 31.2. The molecule has 4 bridgehead atoms. The average Bonchev–Trinajstić information content (AvgIpc) is 1.57. The predicted octanol–water partition coefficient (Wildman–Crippen LogP) is 12.3. The van der Waals surface area contributed by atoms with Gasteiger partial charge in [0, 0.05) is 194 Å². The Bertz CT molecular complexity index is 2720. The molecule has 14 fully saturated rings. The van der Waals surface area contributed by atoms with Crippen molar-refractivity contribution in [2.24, 2.45) is 24.3 Å². The molecule has 5 aromatic rings. The van der Waals surface area contributed by atoms with Crippen LogP contribution in [0.5, 0.6) is 0 Å². The third-order valence-corrected chi connectivity index (χ3v) is 24.0. The predicted molar refractivity (Wildman–Crippen MR) is 475 cm³/mol. The standard InChI is InChI=1S/C8H15N.C7H14N2.C7H15N.C7H9N.C6H14N2.C6H13NS.2C6H13N.2C6H7N.C5H8N2.2C5H11NO.C5H11N.C4H6N2/c1-8-2-5-9(6-3-8)7-4-8;1-7-6-8-2-4-9(7)5-3-8;1-7-3-5-8(2)6-4-7;1-6-3-4-8-7(2)5-6;1-6-5-7-3-4-8(6)2;1-6-5-8-4-3-7(6)2;1-6-4-3-5-7(6)2;1-6-2-4-7-5-3-6;1-6-3-2-4-7-5-6;1-6-4-2-3-5-7-6;1-5-6-3-4-7(5)2;1-4-2-5(7)3-6-4;1-5-4-6-2-3-7-5;1-5-3-2-4-6-5;1-4-5-2-3-6-4/h2-7H2,1H3;7H,2-6H2,1H3;7H,3-6H2,1-2H3;3-5H,1-2H3;6-7H,3-5H2,1-2H3;6H,3-5H2,1-2H3;6H,3-5H2,1-2H3;6-7H,2-5H2,1H3;2*2-5H,1H3;3-4H,1-2H3;4-7H,2-3H2,1H3;5-6H,2-4H2,1H3;5-6H,2-4H2,1H3;2-3H,1H3,(H,5,6). The number of nitrogens with one attached hydrogen (secondary N) is 6. The van der Waals surface area contributed by atoms with Gasteiger partial charge >= 0.3 is 0 Å². The van der Waals surface area contributed by atoms with E-state index in [1.807, 2.05) is 101 Å². The van der Waals surface area contributed by atoms with Gasteiger partial charge in [-0.05, 0) is 313 Å². The highest BCUT2D eigenvalue weighted by molar-refractivity contribution is 7.99. The molecule has 14 aliphatic heterocycles. The number of imidazole rings is 2. The van der Waals surface area contributed by atoms with Crippen molar-refractivity contribution in [3.63, 3.8) is 0 Å². The lowest BCUT2D eigenvalue weighted by molar-refractivity contribution is 0.0214. The van der Waals surface area contributed by atoms with Crippen LogP contribution in [-0.4, -0.2) is 306 Å². The second-order valence-electron chi connectivity index (χ2n) is 33.7. The Balaban J connectivity index is 0.000000309. The van der Waals surface area contributed by atoms with E-state index in [1.54, 1.807) is 31.0 Å². The van der Waals surface area contributed by atoms with Crippen molar-refractivity contribution in [3.05, 3.63) is 126 Å². The topological polar surface area (TPSA) is 197 Å². The highest BCUT2D eigenvalue weighted by Gasteiger charge is 2.35. The first kappa shape index (κ1) is 101. The van der Waals surface area contributed by atoms with Crippen LogP contribution >= 0.6 is 11.8 Å². The summed E-state index contributed by atoms with van der Waals surface area (Å²) in [6.45, 7) is 61.3. The van der Waals surface area contributed by atoms with E-state index in [9.17, 15) is 0 Å². The number of β-amino-alcohol motifs (C(OH)–C–C–N with tert-alkyl or cyclic N) is 1. The lowest BCUT2D eigenvalue weighted by Crippen LogP contribution is -2.59. The van der Waals surface area contributed by atoms with Crippen molar-refractivity contribution in [2.75, 3.05) is 184 Å². The number of morpholine rings is 1. The Kier molecular flexibility index (Phi) is 55.5. The van der Waals surface area contributed by atoms with Gasteiger partial charge < -0.3 is 70.5 Å². The molecule has 0 amide bonds. The lowest BCUT2D eigenvalue weighted by Gasteiger charge is -2.46. The fraction of sp³-hybridized carbons (Fsp3) is 0.764. The molecule has 21 nitrogen and oxygen atoms in total. The van der Waals surface area contributed by atoms with Crippen LogP contribution in [0.25, 0.3) is 0 Å². The maximum absolute atomic E-state index is 8.84. The van der Waals surface area contributed by atoms with E-state index in [-0.39, 0.29) is 6.10 Å². The van der Waals surface area contributed by atoms with Gasteiger partial charge in [-0.15, -0.1) is 0 Å². The number of aliphatic hydroxyl groups excluding tert-OH is 1. The van der Waals surface area contributed by atoms with Crippen LogP contribution in [0.4, 0.5) is 0 Å². The fourth-order valence-corrected chi connectivity index (χ4v) is 14.8. The summed E-state index contributed by atoms with van der Waals surface area (Å²) in [5.74, 6) is 6.61. The van der Waals surface area contributed by atoms with E-state index in [0.717, 1.165) is 116 Å². The highest BCUT2D eigenvalue weighted by Crippen LogP contribution is 2.39. The smallest absolute Gasteiger partial charge is 0.105 e. The third-order valence-electron chi connectivity index (χ3n) is 22.8. The second-order valence-corrected chi connectivity index (χ2v) is 34.9. The van der Waals surface area contributed by atoms with Gasteiger partial charge in [-0.25, -0.2) is 9.97 Å². The number of aryl methyl sites for hydroxylation is 7. The van der Waals surface area contributed by atoms with Gasteiger partial charge in [0.15, 0.2) is 0 Å². The quantitative estimate of drug-likeness (QED) is 0.0772. The molecule has 22 heteroatoms. The van der Waals surface area contributed by atoms with E-state index in [0.29, 0.717) is 12.1 Å². The van der Waals surface area contributed by atoms with Crippen LogP contribution in [0, 0.1) is 58.8 Å². The number of pyridine rings is 3. The molecule has 5 aromatic heterocycles. The first-order valence-electron chi connectivity index (χ1n) is 43.1. The molecule has 7 N–H and O–H groups in total. The number of hydrogen-bond donors (Lipinski definition) is 7. The number of likely N-dealkylation sites (N-methyl/N-ethyl adjacent to an activating group) is 1. The van der Waals surface area contributed by atoms with E-state index >= 15 is 0 Å². The number of aromatic amines is 1. The summed E-state index contributed by atoms with van der Waals surface area (Å²) in [5.41, 5.74) is 5.39. The number of rotatable bonds is 0. The molecule has 8 unspecified atom stereocenters. The highest BCUT2D eigenvalue weighted by atomic mass is 32.2. The minimum absolute atomic E-state index is 0.0880. The second kappa shape index (κ2) is 61.1. The monoisotopic (exact) mass is 1570 g/mol. The van der Waals surface area contributed by atoms with E-state index in [1.165, 1.54) is 198 Å². The zero-order valence-electron chi connectivity index (χ0n) is 74.5. The van der Waals surface area contributed by atoms with Crippen LogP contribution in [0.1, 0.15) is 180 Å². The zero-order valence-corrected chi connectivity index (χ0v) is 75.3. The summed E-state index contributed by atoms with van der Waals surface area (Å²) in [4.78, 5) is 40.0. The minimum Gasteiger partial charge on any atom is -0.392 e. The molecule has 636 valence electrons.